The Balaban J connectivity index is 1.27. The Morgan fingerprint density at radius 2 is 1.78 bits per heavy atom. The second-order valence-corrected chi connectivity index (χ2v) is 10.2. The highest BCUT2D eigenvalue weighted by Crippen LogP contribution is 2.33. The molecular formula is C31H29N7O3. The molecule has 5 aromatic rings. The summed E-state index contributed by atoms with van der Waals surface area (Å²) in [5.74, 6) is 0.0369. The van der Waals surface area contributed by atoms with E-state index < -0.39 is 11.7 Å². The van der Waals surface area contributed by atoms with Crippen LogP contribution in [0.3, 0.4) is 0 Å². The summed E-state index contributed by atoms with van der Waals surface area (Å²) in [6.07, 6.45) is 9.53. The van der Waals surface area contributed by atoms with Crippen LogP contribution in [0, 0.1) is 13.8 Å². The van der Waals surface area contributed by atoms with Gasteiger partial charge in [-0.2, -0.15) is 5.10 Å². The summed E-state index contributed by atoms with van der Waals surface area (Å²) in [4.78, 5) is 44.8. The van der Waals surface area contributed by atoms with Gasteiger partial charge in [0.2, 0.25) is 0 Å². The van der Waals surface area contributed by atoms with E-state index in [1.807, 2.05) is 31.2 Å². The zero-order valence-electron chi connectivity index (χ0n) is 22.8. The standard InChI is InChI=1S/C31H29N7O3/c1-19-13-34-30(38-18-35-20(2)36-38)28-26(19)25(16-33-28)29(40)31(41)37-10-8-23(9-11-37)27(22-6-4-3-5-7-22)24-12-21(17-39)14-32-15-24/h3-7,12-16,18,33,39H,8-11,17H2,1-2H3. The number of pyridine rings is 2. The summed E-state index contributed by atoms with van der Waals surface area (Å²) >= 11 is 0. The molecule has 1 aromatic carbocycles. The van der Waals surface area contributed by atoms with E-state index in [2.05, 4.69) is 37.2 Å². The van der Waals surface area contributed by atoms with Crippen LogP contribution in [-0.4, -0.2) is 64.5 Å². The average Bonchev–Trinajstić information content (AvgIpc) is 3.65. The predicted molar refractivity (Wildman–Crippen MR) is 153 cm³/mol. The van der Waals surface area contributed by atoms with Gasteiger partial charge in [0.15, 0.2) is 5.82 Å². The lowest BCUT2D eigenvalue weighted by Gasteiger charge is -2.30. The van der Waals surface area contributed by atoms with Gasteiger partial charge < -0.3 is 15.0 Å². The number of benzene rings is 1. The third-order valence-corrected chi connectivity index (χ3v) is 7.48. The molecule has 1 amide bonds. The molecule has 5 heterocycles. The van der Waals surface area contributed by atoms with E-state index in [0.29, 0.717) is 54.0 Å². The number of Topliss-reactive ketones (excluding diaryl/α,β-unsaturated/α-hetero) is 1. The minimum absolute atomic E-state index is 0.0913. The number of rotatable bonds is 6. The van der Waals surface area contributed by atoms with Crippen molar-refractivity contribution in [3.05, 3.63) is 107 Å². The van der Waals surface area contributed by atoms with Gasteiger partial charge in [-0.1, -0.05) is 35.9 Å². The molecule has 6 rings (SSSR count). The topological polar surface area (TPSA) is 130 Å². The molecule has 206 valence electrons. The molecule has 2 N–H and O–H groups in total. The van der Waals surface area contributed by atoms with E-state index in [4.69, 9.17) is 0 Å². The fraction of sp³-hybridized carbons (Fsp3) is 0.226. The van der Waals surface area contributed by atoms with Crippen molar-refractivity contribution in [2.24, 2.45) is 0 Å². The third-order valence-electron chi connectivity index (χ3n) is 7.48. The molecule has 1 fully saturated rings. The summed E-state index contributed by atoms with van der Waals surface area (Å²) in [7, 11) is 0. The van der Waals surface area contributed by atoms with Crippen LogP contribution in [0.15, 0.2) is 73.1 Å². The predicted octanol–water partition coefficient (Wildman–Crippen LogP) is 3.95. The van der Waals surface area contributed by atoms with E-state index in [0.717, 1.165) is 27.8 Å². The zero-order chi connectivity index (χ0) is 28.5. The highest BCUT2D eigenvalue weighted by atomic mass is 16.3. The van der Waals surface area contributed by atoms with E-state index in [1.54, 1.807) is 47.6 Å². The molecule has 0 atom stereocenters. The number of likely N-dealkylation sites (tertiary alicyclic amines) is 1. The summed E-state index contributed by atoms with van der Waals surface area (Å²) in [5, 5.41) is 14.7. The smallest absolute Gasteiger partial charge is 0.295 e. The van der Waals surface area contributed by atoms with Crippen molar-refractivity contribution < 1.29 is 14.7 Å². The minimum Gasteiger partial charge on any atom is -0.392 e. The lowest BCUT2D eigenvalue weighted by molar-refractivity contribution is -0.126. The first kappa shape index (κ1) is 26.3. The maximum atomic E-state index is 13.5. The lowest BCUT2D eigenvalue weighted by Crippen LogP contribution is -2.40. The van der Waals surface area contributed by atoms with Crippen LogP contribution in [0.2, 0.25) is 0 Å². The lowest BCUT2D eigenvalue weighted by atomic mass is 9.88. The summed E-state index contributed by atoms with van der Waals surface area (Å²) in [5.41, 5.74) is 6.69. The molecular weight excluding hydrogens is 518 g/mol. The summed E-state index contributed by atoms with van der Waals surface area (Å²) < 4.78 is 1.55. The maximum Gasteiger partial charge on any atom is 0.295 e. The van der Waals surface area contributed by atoms with Crippen LogP contribution < -0.4 is 0 Å². The fourth-order valence-corrected chi connectivity index (χ4v) is 5.48. The molecule has 0 bridgehead atoms. The van der Waals surface area contributed by atoms with Gasteiger partial charge in [0, 0.05) is 48.8 Å². The normalized spacial score (nSPS) is 13.5. The van der Waals surface area contributed by atoms with E-state index in [1.165, 1.54) is 5.57 Å². The number of H-pyrrole nitrogens is 1. The van der Waals surface area contributed by atoms with Crippen molar-refractivity contribution in [1.29, 1.82) is 0 Å². The molecule has 1 aliphatic rings. The van der Waals surface area contributed by atoms with Crippen LogP contribution in [0.1, 0.15) is 51.3 Å². The Bertz CT molecular complexity index is 1790. The highest BCUT2D eigenvalue weighted by Gasteiger charge is 2.30. The number of nitrogens with zero attached hydrogens (tertiary/aromatic N) is 6. The zero-order valence-corrected chi connectivity index (χ0v) is 22.8. The van der Waals surface area contributed by atoms with Gasteiger partial charge in [-0.25, -0.2) is 14.6 Å². The number of piperidine rings is 1. The summed E-state index contributed by atoms with van der Waals surface area (Å²) in [6.45, 7) is 4.41. The molecule has 10 nitrogen and oxygen atoms in total. The molecule has 41 heavy (non-hydrogen) atoms. The van der Waals surface area contributed by atoms with E-state index in [9.17, 15) is 14.7 Å². The van der Waals surface area contributed by atoms with E-state index >= 15 is 0 Å². The number of aromatic amines is 1. The number of carbonyl (C=O) groups is 2. The van der Waals surface area contributed by atoms with Gasteiger partial charge in [-0.15, -0.1) is 0 Å². The Kier molecular flexibility index (Phi) is 6.98. The van der Waals surface area contributed by atoms with Crippen LogP contribution in [0.5, 0.6) is 0 Å². The SMILES string of the molecule is Cc1ncn(-c2ncc(C)c3c(C(=O)C(=O)N4CCC(=C(c5ccccc5)c5cncc(CO)c5)CC4)c[nH]c23)n1. The Hall–Kier alpha value is -4.96. The largest absolute Gasteiger partial charge is 0.392 e. The average molecular weight is 548 g/mol. The first-order valence-electron chi connectivity index (χ1n) is 13.5. The first-order chi connectivity index (χ1) is 19.9. The third kappa shape index (κ3) is 4.93. The van der Waals surface area contributed by atoms with Crippen LogP contribution >= 0.6 is 0 Å². The Morgan fingerprint density at radius 3 is 2.49 bits per heavy atom. The van der Waals surface area contributed by atoms with Gasteiger partial charge in [-0.3, -0.25) is 14.6 Å². The molecule has 0 saturated carbocycles. The number of carbonyl (C=O) groups excluding carboxylic acids is 2. The molecule has 10 heteroatoms. The summed E-state index contributed by atoms with van der Waals surface area (Å²) in [6, 6.07) is 12.0. The number of amides is 1. The Labute approximate surface area is 236 Å². The van der Waals surface area contributed by atoms with Crippen molar-refractivity contribution >= 4 is 28.2 Å². The molecule has 0 radical (unpaired) electrons. The van der Waals surface area contributed by atoms with Crippen LogP contribution in [0.4, 0.5) is 0 Å². The number of fused-ring (bicyclic) bond motifs is 1. The number of hydrogen-bond donors (Lipinski definition) is 2. The number of aromatic nitrogens is 6. The number of aliphatic hydroxyl groups is 1. The molecule has 0 aliphatic carbocycles. The van der Waals surface area contributed by atoms with Crippen molar-refractivity contribution in [2.45, 2.75) is 33.3 Å². The number of aliphatic hydroxyl groups excluding tert-OH is 1. The minimum atomic E-state index is -0.554. The molecule has 1 aliphatic heterocycles. The van der Waals surface area contributed by atoms with Gasteiger partial charge in [-0.05, 0) is 55.0 Å². The second-order valence-electron chi connectivity index (χ2n) is 10.2. The van der Waals surface area contributed by atoms with Crippen LogP contribution in [0.25, 0.3) is 22.3 Å². The molecule has 4 aromatic heterocycles. The Morgan fingerprint density at radius 1 is 1.00 bits per heavy atom. The van der Waals surface area contributed by atoms with Crippen molar-refractivity contribution in [2.75, 3.05) is 13.1 Å². The van der Waals surface area contributed by atoms with E-state index in [-0.39, 0.29) is 6.61 Å². The number of hydrogen-bond acceptors (Lipinski definition) is 7. The van der Waals surface area contributed by atoms with Gasteiger partial charge >= 0.3 is 0 Å². The molecule has 0 spiro atoms. The van der Waals surface area contributed by atoms with Gasteiger partial charge in [0.05, 0.1) is 17.7 Å². The first-order valence-corrected chi connectivity index (χ1v) is 13.5. The van der Waals surface area contributed by atoms with Crippen molar-refractivity contribution in [3.63, 3.8) is 0 Å². The quantitative estimate of drug-likeness (QED) is 0.243. The van der Waals surface area contributed by atoms with Gasteiger partial charge in [0.1, 0.15) is 12.2 Å². The van der Waals surface area contributed by atoms with Crippen molar-refractivity contribution in [3.8, 4) is 5.82 Å². The number of ketones is 1. The molecule has 1 saturated heterocycles. The monoisotopic (exact) mass is 547 g/mol. The second kappa shape index (κ2) is 10.9. The van der Waals surface area contributed by atoms with Crippen molar-refractivity contribution in [1.82, 2.24) is 34.6 Å². The highest BCUT2D eigenvalue weighted by molar-refractivity contribution is 6.45. The fourth-order valence-electron chi connectivity index (χ4n) is 5.48. The number of nitrogens with one attached hydrogen (secondary N) is 1. The maximum absolute atomic E-state index is 13.5. The molecule has 0 unspecified atom stereocenters. The van der Waals surface area contributed by atoms with Crippen LogP contribution in [-0.2, 0) is 11.4 Å². The van der Waals surface area contributed by atoms with Gasteiger partial charge in [0.25, 0.3) is 11.7 Å². The number of aryl methyl sites for hydroxylation is 2.